The van der Waals surface area contributed by atoms with Crippen molar-refractivity contribution in [3.63, 3.8) is 0 Å². The minimum atomic E-state index is 0.0870. The summed E-state index contributed by atoms with van der Waals surface area (Å²) in [4.78, 5) is 11.2. The number of Topliss-reactive ketones (excluding diaryl/α,β-unsaturated/α-hetero) is 1. The number of aryl methyl sites for hydroxylation is 1. The van der Waals surface area contributed by atoms with Gasteiger partial charge in [0.05, 0.1) is 12.7 Å². The van der Waals surface area contributed by atoms with Crippen LogP contribution in [0, 0.1) is 6.92 Å². The summed E-state index contributed by atoms with van der Waals surface area (Å²) in [5, 5.41) is 0. The van der Waals surface area contributed by atoms with Gasteiger partial charge in [0.1, 0.15) is 5.75 Å². The minimum Gasteiger partial charge on any atom is -0.493 e. The normalized spacial score (nSPS) is 18.9. The molecule has 98 valence electrons. The number of hydrogen-bond acceptors (Lipinski definition) is 3. The molecular formula is C15H20O3. The number of carbonyl (C=O) groups excluding carboxylic acids is 1. The Labute approximate surface area is 108 Å². The van der Waals surface area contributed by atoms with Crippen molar-refractivity contribution in [3.05, 3.63) is 29.3 Å². The second kappa shape index (κ2) is 6.01. The van der Waals surface area contributed by atoms with E-state index in [9.17, 15) is 4.79 Å². The third-order valence-corrected chi connectivity index (χ3v) is 3.30. The molecule has 1 aliphatic heterocycles. The van der Waals surface area contributed by atoms with Crippen molar-refractivity contribution in [2.75, 3.05) is 13.2 Å². The monoisotopic (exact) mass is 248 g/mol. The van der Waals surface area contributed by atoms with Crippen LogP contribution < -0.4 is 4.74 Å². The standard InChI is InChI=1S/C15H20O3/c1-11-10-13(12(2)16)5-6-15(11)18-9-7-14-4-3-8-17-14/h5-6,10,14H,3-4,7-9H2,1-2H3. The predicted molar refractivity (Wildman–Crippen MR) is 70.3 cm³/mol. The van der Waals surface area contributed by atoms with Gasteiger partial charge in [-0.15, -0.1) is 0 Å². The zero-order chi connectivity index (χ0) is 13.0. The summed E-state index contributed by atoms with van der Waals surface area (Å²) in [6.45, 7) is 5.10. The lowest BCUT2D eigenvalue weighted by Gasteiger charge is -2.12. The molecule has 0 aromatic heterocycles. The molecule has 1 heterocycles. The van der Waals surface area contributed by atoms with Crippen LogP contribution in [0.1, 0.15) is 42.1 Å². The van der Waals surface area contributed by atoms with Gasteiger partial charge in [0.2, 0.25) is 0 Å². The van der Waals surface area contributed by atoms with Crippen LogP contribution in [0.2, 0.25) is 0 Å². The van der Waals surface area contributed by atoms with E-state index in [0.29, 0.717) is 12.7 Å². The van der Waals surface area contributed by atoms with E-state index in [2.05, 4.69) is 0 Å². The molecule has 0 aliphatic carbocycles. The van der Waals surface area contributed by atoms with Crippen molar-refractivity contribution >= 4 is 5.78 Å². The van der Waals surface area contributed by atoms with Crippen LogP contribution in [0.5, 0.6) is 5.75 Å². The van der Waals surface area contributed by atoms with Crippen molar-refractivity contribution < 1.29 is 14.3 Å². The Hall–Kier alpha value is -1.35. The van der Waals surface area contributed by atoms with Crippen molar-refractivity contribution in [1.29, 1.82) is 0 Å². The van der Waals surface area contributed by atoms with Crippen LogP contribution >= 0.6 is 0 Å². The molecule has 2 rings (SSSR count). The van der Waals surface area contributed by atoms with E-state index in [0.717, 1.165) is 42.7 Å². The second-order valence-electron chi connectivity index (χ2n) is 4.81. The average molecular weight is 248 g/mol. The molecule has 0 spiro atoms. The first-order chi connectivity index (χ1) is 8.66. The lowest BCUT2D eigenvalue weighted by atomic mass is 10.1. The molecule has 0 amide bonds. The van der Waals surface area contributed by atoms with Gasteiger partial charge in [0.15, 0.2) is 5.78 Å². The third-order valence-electron chi connectivity index (χ3n) is 3.30. The second-order valence-corrected chi connectivity index (χ2v) is 4.81. The first kappa shape index (κ1) is 13.1. The van der Waals surface area contributed by atoms with Crippen LogP contribution in [0.4, 0.5) is 0 Å². The quantitative estimate of drug-likeness (QED) is 0.751. The molecule has 1 saturated heterocycles. The third kappa shape index (κ3) is 3.33. The van der Waals surface area contributed by atoms with Crippen LogP contribution in [0.25, 0.3) is 0 Å². The zero-order valence-corrected chi connectivity index (χ0v) is 11.1. The molecule has 3 heteroatoms. The van der Waals surface area contributed by atoms with E-state index in [1.807, 2.05) is 25.1 Å². The van der Waals surface area contributed by atoms with Crippen LogP contribution in [0.15, 0.2) is 18.2 Å². The van der Waals surface area contributed by atoms with Crippen LogP contribution in [0.3, 0.4) is 0 Å². The fraction of sp³-hybridized carbons (Fsp3) is 0.533. The van der Waals surface area contributed by atoms with E-state index >= 15 is 0 Å². The fourth-order valence-electron chi connectivity index (χ4n) is 2.20. The van der Waals surface area contributed by atoms with Crippen LogP contribution in [-0.2, 0) is 4.74 Å². The number of hydrogen-bond donors (Lipinski definition) is 0. The summed E-state index contributed by atoms with van der Waals surface area (Å²) in [6.07, 6.45) is 3.61. The molecule has 0 radical (unpaired) electrons. The number of ether oxygens (including phenoxy) is 2. The van der Waals surface area contributed by atoms with Crippen molar-refractivity contribution in [1.82, 2.24) is 0 Å². The molecular weight excluding hydrogens is 228 g/mol. The maximum atomic E-state index is 11.2. The first-order valence-electron chi connectivity index (χ1n) is 6.53. The molecule has 1 aromatic rings. The summed E-state index contributed by atoms with van der Waals surface area (Å²) in [5.74, 6) is 0.946. The Balaban J connectivity index is 1.87. The Morgan fingerprint density at radius 2 is 2.33 bits per heavy atom. The zero-order valence-electron chi connectivity index (χ0n) is 11.1. The van der Waals surface area contributed by atoms with Gasteiger partial charge in [-0.1, -0.05) is 0 Å². The van der Waals surface area contributed by atoms with Gasteiger partial charge in [-0.2, -0.15) is 0 Å². The maximum absolute atomic E-state index is 11.2. The Morgan fingerprint density at radius 3 is 2.94 bits per heavy atom. The minimum absolute atomic E-state index is 0.0870. The smallest absolute Gasteiger partial charge is 0.159 e. The predicted octanol–water partition coefficient (Wildman–Crippen LogP) is 3.15. The molecule has 1 unspecified atom stereocenters. The molecule has 1 fully saturated rings. The van der Waals surface area contributed by atoms with E-state index in [1.54, 1.807) is 6.92 Å². The Morgan fingerprint density at radius 1 is 1.50 bits per heavy atom. The SMILES string of the molecule is CC(=O)c1ccc(OCCC2CCCO2)c(C)c1. The molecule has 1 aromatic carbocycles. The molecule has 1 aliphatic rings. The lowest BCUT2D eigenvalue weighted by molar-refractivity contribution is 0.0902. The van der Waals surface area contributed by atoms with Gasteiger partial charge in [0, 0.05) is 18.6 Å². The lowest BCUT2D eigenvalue weighted by Crippen LogP contribution is -2.11. The summed E-state index contributed by atoms with van der Waals surface area (Å²) in [5.41, 5.74) is 1.74. The molecule has 0 saturated carbocycles. The highest BCUT2D eigenvalue weighted by atomic mass is 16.5. The van der Waals surface area contributed by atoms with E-state index < -0.39 is 0 Å². The highest BCUT2D eigenvalue weighted by Crippen LogP contribution is 2.21. The fourth-order valence-corrected chi connectivity index (χ4v) is 2.20. The summed E-state index contributed by atoms with van der Waals surface area (Å²) < 4.78 is 11.3. The molecule has 0 N–H and O–H groups in total. The number of rotatable bonds is 5. The molecule has 3 nitrogen and oxygen atoms in total. The number of benzene rings is 1. The summed E-state index contributed by atoms with van der Waals surface area (Å²) >= 11 is 0. The van der Waals surface area contributed by atoms with E-state index in [-0.39, 0.29) is 5.78 Å². The highest BCUT2D eigenvalue weighted by molar-refractivity contribution is 5.94. The molecule has 1 atom stereocenters. The Bertz CT molecular complexity index is 420. The first-order valence-corrected chi connectivity index (χ1v) is 6.53. The topological polar surface area (TPSA) is 35.5 Å². The van der Waals surface area contributed by atoms with Gasteiger partial charge in [-0.25, -0.2) is 0 Å². The van der Waals surface area contributed by atoms with E-state index in [1.165, 1.54) is 0 Å². The van der Waals surface area contributed by atoms with Crippen molar-refractivity contribution in [3.8, 4) is 5.75 Å². The summed E-state index contributed by atoms with van der Waals surface area (Å²) in [7, 11) is 0. The maximum Gasteiger partial charge on any atom is 0.159 e. The van der Waals surface area contributed by atoms with E-state index in [4.69, 9.17) is 9.47 Å². The van der Waals surface area contributed by atoms with Gasteiger partial charge in [-0.05, 0) is 50.5 Å². The van der Waals surface area contributed by atoms with Gasteiger partial charge in [-0.3, -0.25) is 4.79 Å². The number of ketones is 1. The highest BCUT2D eigenvalue weighted by Gasteiger charge is 2.15. The van der Waals surface area contributed by atoms with Gasteiger partial charge >= 0.3 is 0 Å². The largest absolute Gasteiger partial charge is 0.493 e. The molecule has 0 bridgehead atoms. The van der Waals surface area contributed by atoms with Crippen molar-refractivity contribution in [2.24, 2.45) is 0 Å². The van der Waals surface area contributed by atoms with Crippen LogP contribution in [-0.4, -0.2) is 25.1 Å². The van der Waals surface area contributed by atoms with Crippen molar-refractivity contribution in [2.45, 2.75) is 39.2 Å². The Kier molecular flexibility index (Phi) is 4.37. The number of carbonyl (C=O) groups is 1. The van der Waals surface area contributed by atoms with Gasteiger partial charge in [0.25, 0.3) is 0 Å². The average Bonchev–Trinajstić information content (AvgIpc) is 2.84. The molecule has 18 heavy (non-hydrogen) atoms. The van der Waals surface area contributed by atoms with Gasteiger partial charge < -0.3 is 9.47 Å². The summed E-state index contributed by atoms with van der Waals surface area (Å²) in [6, 6.07) is 5.57.